The van der Waals surface area contributed by atoms with E-state index in [1.165, 1.54) is 0 Å². The second-order valence-corrected chi connectivity index (χ2v) is 7.59. The molecule has 29 heavy (non-hydrogen) atoms. The third-order valence-electron chi connectivity index (χ3n) is 5.88. The fourth-order valence-electron chi connectivity index (χ4n) is 4.17. The van der Waals surface area contributed by atoms with Crippen LogP contribution in [0, 0.1) is 0 Å². The van der Waals surface area contributed by atoms with Gasteiger partial charge in [-0.15, -0.1) is 0 Å². The molecule has 0 saturated heterocycles. The molecular weight excluding hydrogens is 366 g/mol. The van der Waals surface area contributed by atoms with Crippen molar-refractivity contribution in [3.05, 3.63) is 48.0 Å². The van der Waals surface area contributed by atoms with Gasteiger partial charge < -0.3 is 9.69 Å². The van der Waals surface area contributed by atoms with E-state index in [9.17, 15) is 9.59 Å². The number of carbonyl (C=O) groups excluding carboxylic acids is 2. The molecule has 1 aliphatic carbocycles. The van der Waals surface area contributed by atoms with Gasteiger partial charge in [-0.2, -0.15) is 15.4 Å². The Morgan fingerprint density at radius 1 is 1.10 bits per heavy atom. The van der Waals surface area contributed by atoms with Crippen molar-refractivity contribution in [3.63, 3.8) is 0 Å². The van der Waals surface area contributed by atoms with Crippen molar-refractivity contribution >= 4 is 23.2 Å². The first-order chi connectivity index (χ1) is 14.1. The van der Waals surface area contributed by atoms with E-state index in [4.69, 9.17) is 0 Å². The first-order valence-electron chi connectivity index (χ1n) is 10.0. The number of amides is 1. The average molecular weight is 391 g/mol. The van der Waals surface area contributed by atoms with Crippen LogP contribution in [0.3, 0.4) is 0 Å². The van der Waals surface area contributed by atoms with Crippen molar-refractivity contribution in [2.75, 3.05) is 13.6 Å². The Balaban J connectivity index is 1.52. The highest BCUT2D eigenvalue weighted by Crippen LogP contribution is 2.33. The van der Waals surface area contributed by atoms with E-state index in [1.54, 1.807) is 0 Å². The van der Waals surface area contributed by atoms with Crippen LogP contribution in [0.5, 0.6) is 0 Å². The molecule has 0 spiro atoms. The zero-order valence-electron chi connectivity index (χ0n) is 16.5. The molecular formula is C22H25N5O2. The van der Waals surface area contributed by atoms with Crippen molar-refractivity contribution < 1.29 is 9.59 Å². The Kier molecular flexibility index (Phi) is 5.40. The van der Waals surface area contributed by atoms with Gasteiger partial charge in [0.05, 0.1) is 5.66 Å². The SMILES string of the molecule is CN(C(=O)c1ccc(-c2ccc3n[nH]nc3c2)cc1)C1(NCCC=O)CCCC1. The molecule has 7 nitrogen and oxygen atoms in total. The maximum Gasteiger partial charge on any atom is 0.255 e. The lowest BCUT2D eigenvalue weighted by Crippen LogP contribution is -2.57. The van der Waals surface area contributed by atoms with E-state index < -0.39 is 0 Å². The Morgan fingerprint density at radius 3 is 2.52 bits per heavy atom. The van der Waals surface area contributed by atoms with Crippen molar-refractivity contribution in [1.82, 2.24) is 25.6 Å². The summed E-state index contributed by atoms with van der Waals surface area (Å²) in [6, 6.07) is 13.6. The molecule has 150 valence electrons. The lowest BCUT2D eigenvalue weighted by atomic mass is 10.0. The fourth-order valence-corrected chi connectivity index (χ4v) is 4.17. The summed E-state index contributed by atoms with van der Waals surface area (Å²) in [7, 11) is 1.86. The highest BCUT2D eigenvalue weighted by molar-refractivity contribution is 5.95. The quantitative estimate of drug-likeness (QED) is 0.367. The second-order valence-electron chi connectivity index (χ2n) is 7.59. The number of nitrogens with one attached hydrogen (secondary N) is 2. The summed E-state index contributed by atoms with van der Waals surface area (Å²) < 4.78 is 0. The molecule has 1 fully saturated rings. The van der Waals surface area contributed by atoms with Crippen LogP contribution in [0.1, 0.15) is 42.5 Å². The minimum Gasteiger partial charge on any atom is -0.323 e. The second kappa shape index (κ2) is 8.13. The number of nitrogens with zero attached hydrogens (tertiary/aromatic N) is 3. The molecule has 3 aromatic rings. The minimum absolute atomic E-state index is 0.0102. The molecule has 1 amide bonds. The topological polar surface area (TPSA) is 91.0 Å². The van der Waals surface area contributed by atoms with Crippen LogP contribution >= 0.6 is 0 Å². The van der Waals surface area contributed by atoms with Gasteiger partial charge in [0, 0.05) is 25.6 Å². The van der Waals surface area contributed by atoms with Crippen molar-refractivity contribution in [2.24, 2.45) is 0 Å². The van der Waals surface area contributed by atoms with Crippen LogP contribution in [-0.2, 0) is 4.79 Å². The molecule has 0 unspecified atom stereocenters. The van der Waals surface area contributed by atoms with Gasteiger partial charge in [-0.3, -0.25) is 10.1 Å². The van der Waals surface area contributed by atoms with E-state index in [1.807, 2.05) is 54.4 Å². The van der Waals surface area contributed by atoms with Gasteiger partial charge in [-0.05, 0) is 61.1 Å². The Labute approximate surface area is 169 Å². The van der Waals surface area contributed by atoms with E-state index in [0.29, 0.717) is 18.5 Å². The van der Waals surface area contributed by atoms with Crippen molar-refractivity contribution in [2.45, 2.75) is 37.8 Å². The Hall–Kier alpha value is -3.06. The van der Waals surface area contributed by atoms with E-state index in [0.717, 1.165) is 54.1 Å². The number of fused-ring (bicyclic) bond motifs is 1. The first-order valence-corrected chi connectivity index (χ1v) is 10.0. The normalized spacial score (nSPS) is 15.5. The lowest BCUT2D eigenvalue weighted by Gasteiger charge is -2.40. The maximum absolute atomic E-state index is 13.2. The van der Waals surface area contributed by atoms with Crippen LogP contribution in [0.15, 0.2) is 42.5 Å². The van der Waals surface area contributed by atoms with E-state index in [2.05, 4.69) is 20.7 Å². The average Bonchev–Trinajstić information content (AvgIpc) is 3.42. The zero-order valence-corrected chi connectivity index (χ0v) is 16.5. The summed E-state index contributed by atoms with van der Waals surface area (Å²) in [5, 5.41) is 14.3. The molecule has 0 radical (unpaired) electrons. The van der Waals surface area contributed by atoms with Gasteiger partial charge in [-0.1, -0.05) is 18.2 Å². The number of aldehydes is 1. The number of aromatic nitrogens is 3. The Morgan fingerprint density at radius 2 is 1.79 bits per heavy atom. The number of benzene rings is 2. The van der Waals surface area contributed by atoms with Gasteiger partial charge in [-0.25, -0.2) is 0 Å². The fraction of sp³-hybridized carbons (Fsp3) is 0.364. The predicted octanol–water partition coefficient (Wildman–Crippen LogP) is 3.15. The van der Waals surface area contributed by atoms with Gasteiger partial charge in [0.1, 0.15) is 17.3 Å². The van der Waals surface area contributed by atoms with Crippen LogP contribution in [0.4, 0.5) is 0 Å². The number of H-pyrrole nitrogens is 1. The molecule has 2 N–H and O–H groups in total. The molecule has 2 aromatic carbocycles. The third-order valence-corrected chi connectivity index (χ3v) is 5.88. The van der Waals surface area contributed by atoms with Gasteiger partial charge in [0.15, 0.2) is 0 Å². The number of hydrogen-bond acceptors (Lipinski definition) is 5. The minimum atomic E-state index is -0.364. The lowest BCUT2D eigenvalue weighted by molar-refractivity contribution is -0.107. The molecule has 1 aromatic heterocycles. The Bertz CT molecular complexity index is 1010. The summed E-state index contributed by atoms with van der Waals surface area (Å²) in [6.07, 6.45) is 5.33. The number of carbonyl (C=O) groups is 2. The predicted molar refractivity (Wildman–Crippen MR) is 111 cm³/mol. The first kappa shape index (κ1) is 19.3. The van der Waals surface area contributed by atoms with Crippen molar-refractivity contribution in [1.29, 1.82) is 0 Å². The molecule has 7 heteroatoms. The van der Waals surface area contributed by atoms with Crippen LogP contribution in [0.25, 0.3) is 22.2 Å². The van der Waals surface area contributed by atoms with Gasteiger partial charge >= 0.3 is 0 Å². The van der Waals surface area contributed by atoms with Crippen LogP contribution in [0.2, 0.25) is 0 Å². The number of rotatable bonds is 7. The summed E-state index contributed by atoms with van der Waals surface area (Å²) in [5.41, 5.74) is 3.98. The monoisotopic (exact) mass is 391 g/mol. The molecule has 4 rings (SSSR count). The maximum atomic E-state index is 13.2. The highest BCUT2D eigenvalue weighted by atomic mass is 16.2. The summed E-state index contributed by atoms with van der Waals surface area (Å²) >= 11 is 0. The van der Waals surface area contributed by atoms with E-state index in [-0.39, 0.29) is 11.6 Å². The van der Waals surface area contributed by atoms with Crippen molar-refractivity contribution in [3.8, 4) is 11.1 Å². The largest absolute Gasteiger partial charge is 0.323 e. The number of aromatic amines is 1. The molecule has 0 atom stereocenters. The highest BCUT2D eigenvalue weighted by Gasteiger charge is 2.39. The summed E-state index contributed by atoms with van der Waals surface area (Å²) in [4.78, 5) is 25.7. The third kappa shape index (κ3) is 3.78. The molecule has 1 heterocycles. The van der Waals surface area contributed by atoms with E-state index >= 15 is 0 Å². The van der Waals surface area contributed by atoms with Crippen LogP contribution in [-0.4, -0.2) is 51.8 Å². The van der Waals surface area contributed by atoms with Crippen LogP contribution < -0.4 is 5.32 Å². The smallest absolute Gasteiger partial charge is 0.255 e. The molecule has 1 saturated carbocycles. The summed E-state index contributed by atoms with van der Waals surface area (Å²) in [5.74, 6) is -0.0102. The standard InChI is InChI=1S/C22H25N5O2/c1-27(22(11-2-3-12-22)23-13-4-14-28)21(29)17-7-5-16(6-8-17)18-9-10-19-20(15-18)25-26-24-19/h5-10,14-15,23H,2-4,11-13H2,1H3,(H,24,25,26). The van der Waals surface area contributed by atoms with Gasteiger partial charge in [0.25, 0.3) is 5.91 Å². The zero-order chi connectivity index (χ0) is 20.3. The number of hydrogen-bond donors (Lipinski definition) is 2. The van der Waals surface area contributed by atoms with Gasteiger partial charge in [0.2, 0.25) is 0 Å². The molecule has 1 aliphatic rings. The summed E-state index contributed by atoms with van der Waals surface area (Å²) in [6.45, 7) is 0.588. The molecule has 0 bridgehead atoms. The molecule has 0 aliphatic heterocycles.